The molecule has 184 valence electrons. The molecule has 0 saturated carbocycles. The number of nitrogens with one attached hydrogen (secondary N) is 2. The van der Waals surface area contributed by atoms with Crippen molar-refractivity contribution in [1.29, 1.82) is 0 Å². The third-order valence-corrected chi connectivity index (χ3v) is 3.92. The number of carbonyl (C=O) groups excluding carboxylic acids is 4. The number of benzene rings is 1. The number of hydrogen-bond acceptors (Lipinski definition) is 7. The Labute approximate surface area is 194 Å². The standard InChI is InChI=1S/C23H35N3O7/c1-22(2,3)32-14-17(20(29)33-23(4,5)6)25-19(28)16(12-18(24)27)26-21(30)31-13-15-10-8-7-9-11-15/h7-11,16-17H,12-14H2,1-6H3,(H2,24,27)(H,25,28)(H,26,30)/t16-,17+/m1/s1. The summed E-state index contributed by atoms with van der Waals surface area (Å²) < 4.78 is 16.1. The molecule has 0 aromatic heterocycles. The summed E-state index contributed by atoms with van der Waals surface area (Å²) in [5.41, 5.74) is 4.59. The maximum absolute atomic E-state index is 12.8. The molecule has 10 nitrogen and oxygen atoms in total. The van der Waals surface area contributed by atoms with E-state index in [0.717, 1.165) is 5.56 Å². The number of rotatable bonds is 10. The molecule has 1 aromatic rings. The van der Waals surface area contributed by atoms with Gasteiger partial charge in [-0.2, -0.15) is 0 Å². The Hall–Kier alpha value is -3.14. The summed E-state index contributed by atoms with van der Waals surface area (Å²) in [4.78, 5) is 49.1. The van der Waals surface area contributed by atoms with E-state index in [4.69, 9.17) is 19.9 Å². The molecule has 0 radical (unpaired) electrons. The second-order valence-electron chi connectivity index (χ2n) is 9.45. The van der Waals surface area contributed by atoms with Gasteiger partial charge in [0.1, 0.15) is 18.2 Å². The molecule has 4 N–H and O–H groups in total. The highest BCUT2D eigenvalue weighted by molar-refractivity contribution is 5.93. The molecule has 0 aliphatic rings. The van der Waals surface area contributed by atoms with Gasteiger partial charge in [0.2, 0.25) is 11.8 Å². The van der Waals surface area contributed by atoms with Gasteiger partial charge in [-0.05, 0) is 47.1 Å². The van der Waals surface area contributed by atoms with Crippen LogP contribution >= 0.6 is 0 Å². The van der Waals surface area contributed by atoms with E-state index in [9.17, 15) is 19.2 Å². The van der Waals surface area contributed by atoms with Crippen LogP contribution < -0.4 is 16.4 Å². The first-order valence-electron chi connectivity index (χ1n) is 10.6. The highest BCUT2D eigenvalue weighted by atomic mass is 16.6. The van der Waals surface area contributed by atoms with Gasteiger partial charge < -0.3 is 30.6 Å². The zero-order valence-electron chi connectivity index (χ0n) is 20.1. The van der Waals surface area contributed by atoms with Crippen molar-refractivity contribution >= 4 is 23.9 Å². The Kier molecular flexibility index (Phi) is 10.3. The first-order chi connectivity index (χ1) is 15.2. The minimum atomic E-state index is -1.36. The molecule has 0 saturated heterocycles. The highest BCUT2D eigenvalue weighted by Crippen LogP contribution is 2.12. The Bertz CT molecular complexity index is 814. The van der Waals surface area contributed by atoms with Gasteiger partial charge in [0.05, 0.1) is 18.6 Å². The smallest absolute Gasteiger partial charge is 0.408 e. The lowest BCUT2D eigenvalue weighted by molar-refractivity contribution is -0.162. The van der Waals surface area contributed by atoms with Crippen LogP contribution in [0.1, 0.15) is 53.5 Å². The number of primary amides is 1. The van der Waals surface area contributed by atoms with E-state index in [2.05, 4.69) is 10.6 Å². The molecule has 33 heavy (non-hydrogen) atoms. The maximum Gasteiger partial charge on any atom is 0.408 e. The average Bonchev–Trinajstić information content (AvgIpc) is 2.67. The summed E-state index contributed by atoms with van der Waals surface area (Å²) in [5, 5.41) is 4.80. The third-order valence-electron chi connectivity index (χ3n) is 3.92. The predicted octanol–water partition coefficient (Wildman–Crippen LogP) is 1.80. The molecule has 0 aliphatic heterocycles. The average molecular weight is 466 g/mol. The van der Waals surface area contributed by atoms with Crippen LogP contribution in [0.3, 0.4) is 0 Å². The summed E-state index contributed by atoms with van der Waals surface area (Å²) in [5.74, 6) is -2.35. The molecule has 3 amide bonds. The molecule has 0 spiro atoms. The molecule has 2 atom stereocenters. The van der Waals surface area contributed by atoms with Crippen LogP contribution in [0.4, 0.5) is 4.79 Å². The van der Waals surface area contributed by atoms with Crippen molar-refractivity contribution in [2.24, 2.45) is 5.73 Å². The largest absolute Gasteiger partial charge is 0.458 e. The van der Waals surface area contributed by atoms with Crippen LogP contribution in [0.5, 0.6) is 0 Å². The zero-order valence-corrected chi connectivity index (χ0v) is 20.1. The van der Waals surface area contributed by atoms with Crippen molar-refractivity contribution in [2.75, 3.05) is 6.61 Å². The topological polar surface area (TPSA) is 146 Å². The van der Waals surface area contributed by atoms with Gasteiger partial charge in [-0.3, -0.25) is 9.59 Å². The van der Waals surface area contributed by atoms with E-state index in [1.165, 1.54) is 0 Å². The van der Waals surface area contributed by atoms with Crippen LogP contribution in [0.25, 0.3) is 0 Å². The molecule has 1 aromatic carbocycles. The van der Waals surface area contributed by atoms with E-state index in [1.54, 1.807) is 65.8 Å². The number of amides is 3. The molecule has 0 bridgehead atoms. The van der Waals surface area contributed by atoms with Crippen molar-refractivity contribution in [1.82, 2.24) is 10.6 Å². The van der Waals surface area contributed by atoms with Gasteiger partial charge in [-0.1, -0.05) is 30.3 Å². The van der Waals surface area contributed by atoms with Crippen LogP contribution in [0.15, 0.2) is 30.3 Å². The Morgan fingerprint density at radius 2 is 1.52 bits per heavy atom. The molecule has 0 heterocycles. The Balaban J connectivity index is 2.87. The van der Waals surface area contributed by atoms with Crippen LogP contribution in [0.2, 0.25) is 0 Å². The van der Waals surface area contributed by atoms with Gasteiger partial charge in [-0.15, -0.1) is 0 Å². The summed E-state index contributed by atoms with van der Waals surface area (Å²) in [6, 6.07) is 6.40. The molecule has 1 rings (SSSR count). The van der Waals surface area contributed by atoms with E-state index < -0.39 is 53.6 Å². The minimum absolute atomic E-state index is 0.0302. The predicted molar refractivity (Wildman–Crippen MR) is 121 cm³/mol. The molecule has 0 unspecified atom stereocenters. The quantitative estimate of drug-likeness (QED) is 0.447. The van der Waals surface area contributed by atoms with E-state index in [-0.39, 0.29) is 13.2 Å². The fraction of sp³-hybridized carbons (Fsp3) is 0.565. The van der Waals surface area contributed by atoms with Gasteiger partial charge in [0, 0.05) is 0 Å². The lowest BCUT2D eigenvalue weighted by atomic mass is 10.1. The van der Waals surface area contributed by atoms with Gasteiger partial charge in [0.25, 0.3) is 0 Å². The SMILES string of the molecule is CC(C)(C)OC[C@H](NC(=O)[C@@H](CC(N)=O)NC(=O)OCc1ccccc1)C(=O)OC(C)(C)C. The number of nitrogens with two attached hydrogens (primary N) is 1. The second kappa shape index (κ2) is 12.2. The normalized spacial score (nSPS) is 13.4. The maximum atomic E-state index is 12.8. The molecular formula is C23H35N3O7. The minimum Gasteiger partial charge on any atom is -0.458 e. The lowest BCUT2D eigenvalue weighted by Gasteiger charge is -2.28. The van der Waals surface area contributed by atoms with E-state index in [1.807, 2.05) is 6.07 Å². The van der Waals surface area contributed by atoms with Crippen molar-refractivity contribution in [3.8, 4) is 0 Å². The van der Waals surface area contributed by atoms with Crippen LogP contribution in [-0.4, -0.2) is 53.8 Å². The summed E-state index contributed by atoms with van der Waals surface area (Å²) in [6.45, 7) is 10.2. The highest BCUT2D eigenvalue weighted by Gasteiger charge is 2.32. The summed E-state index contributed by atoms with van der Waals surface area (Å²) in [6.07, 6.45) is -1.41. The summed E-state index contributed by atoms with van der Waals surface area (Å²) >= 11 is 0. The number of carbonyl (C=O) groups is 4. The second-order valence-corrected chi connectivity index (χ2v) is 9.45. The molecule has 0 fully saturated rings. The number of esters is 1. The number of alkyl carbamates (subject to hydrolysis) is 1. The lowest BCUT2D eigenvalue weighted by Crippen LogP contribution is -2.55. The number of hydrogen-bond donors (Lipinski definition) is 3. The van der Waals surface area contributed by atoms with Gasteiger partial charge >= 0.3 is 12.1 Å². The first-order valence-corrected chi connectivity index (χ1v) is 10.6. The van der Waals surface area contributed by atoms with Crippen molar-refractivity contribution < 1.29 is 33.4 Å². The van der Waals surface area contributed by atoms with Gasteiger partial charge in [-0.25, -0.2) is 9.59 Å². The van der Waals surface area contributed by atoms with Crippen LogP contribution in [-0.2, 0) is 35.2 Å². The Morgan fingerprint density at radius 3 is 2.03 bits per heavy atom. The van der Waals surface area contributed by atoms with Crippen LogP contribution in [0, 0.1) is 0 Å². The zero-order chi connectivity index (χ0) is 25.2. The van der Waals surface area contributed by atoms with Gasteiger partial charge in [0.15, 0.2) is 6.04 Å². The van der Waals surface area contributed by atoms with Crippen molar-refractivity contribution in [2.45, 2.75) is 77.9 Å². The van der Waals surface area contributed by atoms with E-state index in [0.29, 0.717) is 0 Å². The first kappa shape index (κ1) is 27.9. The molecule has 0 aliphatic carbocycles. The van der Waals surface area contributed by atoms with Crippen molar-refractivity contribution in [3.63, 3.8) is 0 Å². The fourth-order valence-corrected chi connectivity index (χ4v) is 2.46. The fourth-order valence-electron chi connectivity index (χ4n) is 2.46. The number of ether oxygens (including phenoxy) is 3. The molecular weight excluding hydrogens is 430 g/mol. The van der Waals surface area contributed by atoms with E-state index >= 15 is 0 Å². The molecule has 10 heteroatoms. The monoisotopic (exact) mass is 465 g/mol. The third kappa shape index (κ3) is 12.5. The van der Waals surface area contributed by atoms with Crippen molar-refractivity contribution in [3.05, 3.63) is 35.9 Å². The summed E-state index contributed by atoms with van der Waals surface area (Å²) in [7, 11) is 0. The Morgan fingerprint density at radius 1 is 0.909 bits per heavy atom.